The lowest BCUT2D eigenvalue weighted by Crippen LogP contribution is -2.16. The van der Waals surface area contributed by atoms with Crippen LogP contribution < -0.4 is 0 Å². The SMILES string of the molecule is Cc1ccc(CCC(O)COS(=O)O)cc1. The van der Waals surface area contributed by atoms with Crippen LogP contribution in [0.5, 0.6) is 0 Å². The summed E-state index contributed by atoms with van der Waals surface area (Å²) in [5.74, 6) is 0. The highest BCUT2D eigenvalue weighted by Gasteiger charge is 2.06. The predicted octanol–water partition coefficient (Wildman–Crippen LogP) is 1.44. The zero-order chi connectivity index (χ0) is 12.0. The minimum absolute atomic E-state index is 0.116. The van der Waals surface area contributed by atoms with Crippen molar-refractivity contribution in [2.45, 2.75) is 25.9 Å². The van der Waals surface area contributed by atoms with Crippen molar-refractivity contribution in [2.75, 3.05) is 6.61 Å². The normalized spacial score (nSPS) is 14.7. The van der Waals surface area contributed by atoms with Gasteiger partial charge in [-0.25, -0.2) is 0 Å². The summed E-state index contributed by atoms with van der Waals surface area (Å²) in [7, 11) is 0. The second-order valence-corrected chi connectivity index (χ2v) is 4.35. The van der Waals surface area contributed by atoms with Crippen LogP contribution in [-0.2, 0) is 22.0 Å². The average molecular weight is 244 g/mol. The topological polar surface area (TPSA) is 66.8 Å². The largest absolute Gasteiger partial charge is 0.391 e. The van der Waals surface area contributed by atoms with Gasteiger partial charge in [-0.15, -0.1) is 0 Å². The maximum Gasteiger partial charge on any atom is 0.301 e. The first kappa shape index (κ1) is 13.3. The van der Waals surface area contributed by atoms with Gasteiger partial charge in [0, 0.05) is 0 Å². The summed E-state index contributed by atoms with van der Waals surface area (Å²) in [5, 5.41) is 9.44. The molecule has 2 N–H and O–H groups in total. The zero-order valence-corrected chi connectivity index (χ0v) is 9.94. The van der Waals surface area contributed by atoms with Gasteiger partial charge >= 0.3 is 11.4 Å². The summed E-state index contributed by atoms with van der Waals surface area (Å²) in [6.45, 7) is 1.90. The fraction of sp³-hybridized carbons (Fsp3) is 0.455. The molecule has 0 spiro atoms. The molecule has 2 unspecified atom stereocenters. The van der Waals surface area contributed by atoms with Gasteiger partial charge in [-0.3, -0.25) is 8.74 Å². The number of rotatable bonds is 6. The maximum absolute atomic E-state index is 10.2. The molecule has 2 atom stereocenters. The van der Waals surface area contributed by atoms with Crippen molar-refractivity contribution in [1.29, 1.82) is 0 Å². The quantitative estimate of drug-likeness (QED) is 0.743. The standard InChI is InChI=1S/C11H16O4S/c1-9-2-4-10(5-3-9)6-7-11(12)8-15-16(13)14/h2-5,11-12H,6-8H2,1H3,(H,13,14). The lowest BCUT2D eigenvalue weighted by atomic mass is 10.1. The van der Waals surface area contributed by atoms with E-state index >= 15 is 0 Å². The fourth-order valence-corrected chi connectivity index (χ4v) is 1.58. The van der Waals surface area contributed by atoms with E-state index in [-0.39, 0.29) is 6.61 Å². The molecule has 1 aromatic carbocycles. The van der Waals surface area contributed by atoms with Gasteiger partial charge in [0.25, 0.3) is 0 Å². The number of hydrogen-bond acceptors (Lipinski definition) is 3. The smallest absolute Gasteiger partial charge is 0.301 e. The van der Waals surface area contributed by atoms with Crippen molar-refractivity contribution >= 4 is 11.4 Å². The van der Waals surface area contributed by atoms with E-state index in [0.29, 0.717) is 6.42 Å². The Kier molecular flexibility index (Phi) is 5.62. The molecule has 0 aromatic heterocycles. The first-order valence-electron chi connectivity index (χ1n) is 5.05. The number of hydrogen-bond donors (Lipinski definition) is 2. The van der Waals surface area contributed by atoms with Crippen LogP contribution in [0.2, 0.25) is 0 Å². The number of aliphatic hydroxyl groups excluding tert-OH is 1. The monoisotopic (exact) mass is 244 g/mol. The van der Waals surface area contributed by atoms with Gasteiger partial charge in [0.15, 0.2) is 0 Å². The maximum atomic E-state index is 10.2. The molecule has 0 radical (unpaired) electrons. The Morgan fingerprint density at radius 2 is 2.00 bits per heavy atom. The highest BCUT2D eigenvalue weighted by molar-refractivity contribution is 7.74. The van der Waals surface area contributed by atoms with E-state index < -0.39 is 17.5 Å². The third kappa shape index (κ3) is 5.37. The highest BCUT2D eigenvalue weighted by Crippen LogP contribution is 2.07. The Labute approximate surface area is 97.8 Å². The molecule has 0 amide bonds. The van der Waals surface area contributed by atoms with Gasteiger partial charge < -0.3 is 5.11 Å². The average Bonchev–Trinajstić information content (AvgIpc) is 2.25. The van der Waals surface area contributed by atoms with E-state index in [1.54, 1.807) is 0 Å². The molecule has 0 heterocycles. The lowest BCUT2D eigenvalue weighted by Gasteiger charge is -2.09. The van der Waals surface area contributed by atoms with Crippen LogP contribution in [0.15, 0.2) is 24.3 Å². The third-order valence-corrected chi connectivity index (χ3v) is 2.59. The van der Waals surface area contributed by atoms with Gasteiger partial charge in [0.2, 0.25) is 0 Å². The van der Waals surface area contributed by atoms with E-state index in [4.69, 9.17) is 4.55 Å². The van der Waals surface area contributed by atoms with Gasteiger partial charge in [-0.1, -0.05) is 29.8 Å². The fourth-order valence-electron chi connectivity index (χ4n) is 1.31. The molecule has 16 heavy (non-hydrogen) atoms. The molecule has 5 heteroatoms. The second-order valence-electron chi connectivity index (χ2n) is 3.68. The summed E-state index contributed by atoms with van der Waals surface area (Å²) < 4.78 is 22.9. The van der Waals surface area contributed by atoms with Crippen molar-refractivity contribution in [3.63, 3.8) is 0 Å². The molecule has 0 aliphatic carbocycles. The Balaban J connectivity index is 2.28. The zero-order valence-electron chi connectivity index (χ0n) is 9.13. The molecule has 0 bridgehead atoms. The van der Waals surface area contributed by atoms with Crippen molar-refractivity contribution in [3.8, 4) is 0 Å². The molecule has 0 fully saturated rings. The summed E-state index contributed by atoms with van der Waals surface area (Å²) >= 11 is -2.30. The molecule has 0 saturated heterocycles. The summed E-state index contributed by atoms with van der Waals surface area (Å²) in [6.07, 6.45) is 0.528. The molecule has 0 aliphatic heterocycles. The van der Waals surface area contributed by atoms with E-state index in [0.717, 1.165) is 12.0 Å². The van der Waals surface area contributed by atoms with Crippen molar-refractivity contribution in [1.82, 2.24) is 0 Å². The van der Waals surface area contributed by atoms with Crippen LogP contribution in [0.25, 0.3) is 0 Å². The molecule has 0 aliphatic rings. The highest BCUT2D eigenvalue weighted by atomic mass is 32.2. The summed E-state index contributed by atoms with van der Waals surface area (Å²) in [5.41, 5.74) is 2.33. The molecule has 1 rings (SSSR count). The van der Waals surface area contributed by atoms with Crippen molar-refractivity contribution < 1.29 is 18.1 Å². The molecule has 1 aromatic rings. The van der Waals surface area contributed by atoms with E-state index in [1.165, 1.54) is 5.56 Å². The van der Waals surface area contributed by atoms with Crippen molar-refractivity contribution in [3.05, 3.63) is 35.4 Å². The molecule has 4 nitrogen and oxygen atoms in total. The van der Waals surface area contributed by atoms with Gasteiger partial charge in [-0.05, 0) is 25.3 Å². The van der Waals surface area contributed by atoms with Crippen LogP contribution in [0, 0.1) is 6.92 Å². The van der Waals surface area contributed by atoms with Crippen LogP contribution in [0.1, 0.15) is 17.5 Å². The predicted molar refractivity (Wildman–Crippen MR) is 62.2 cm³/mol. The molecule has 90 valence electrons. The Morgan fingerprint density at radius 3 is 2.56 bits per heavy atom. The van der Waals surface area contributed by atoms with Gasteiger partial charge in [0.05, 0.1) is 12.7 Å². The summed E-state index contributed by atoms with van der Waals surface area (Å²) in [6, 6.07) is 8.04. The van der Waals surface area contributed by atoms with E-state index in [1.807, 2.05) is 31.2 Å². The van der Waals surface area contributed by atoms with Crippen molar-refractivity contribution in [2.24, 2.45) is 0 Å². The van der Waals surface area contributed by atoms with Crippen LogP contribution in [-0.4, -0.2) is 26.6 Å². The number of aryl methyl sites for hydroxylation is 2. The Bertz CT molecular complexity index is 336. The van der Waals surface area contributed by atoms with Gasteiger partial charge in [0.1, 0.15) is 0 Å². The van der Waals surface area contributed by atoms with E-state index in [9.17, 15) is 9.32 Å². The minimum Gasteiger partial charge on any atom is -0.391 e. The van der Waals surface area contributed by atoms with Crippen LogP contribution in [0.3, 0.4) is 0 Å². The molecule has 0 saturated carbocycles. The minimum atomic E-state index is -2.30. The Hall–Kier alpha value is -0.750. The second kappa shape index (κ2) is 6.75. The first-order chi connectivity index (χ1) is 7.58. The Morgan fingerprint density at radius 1 is 1.38 bits per heavy atom. The van der Waals surface area contributed by atoms with Crippen LogP contribution >= 0.6 is 0 Å². The van der Waals surface area contributed by atoms with E-state index in [2.05, 4.69) is 4.18 Å². The van der Waals surface area contributed by atoms with Crippen LogP contribution in [0.4, 0.5) is 0 Å². The number of aliphatic hydroxyl groups is 1. The lowest BCUT2D eigenvalue weighted by molar-refractivity contribution is 0.102. The third-order valence-electron chi connectivity index (χ3n) is 2.25. The number of benzene rings is 1. The first-order valence-corrected chi connectivity index (χ1v) is 6.09. The van der Waals surface area contributed by atoms with Gasteiger partial charge in [-0.2, -0.15) is 4.21 Å². The molecular weight excluding hydrogens is 228 g/mol. The molecular formula is C11H16O4S. The summed E-state index contributed by atoms with van der Waals surface area (Å²) in [4.78, 5) is 0.